The number of hydrogen-bond donors (Lipinski definition) is 2. The third-order valence-corrected chi connectivity index (χ3v) is 4.49. The molecule has 1 aromatic rings. The molecular weight excluding hydrogens is 276 g/mol. The van der Waals surface area contributed by atoms with Crippen LogP contribution in [-0.2, 0) is 22.4 Å². The molecule has 1 saturated carbocycles. The van der Waals surface area contributed by atoms with Gasteiger partial charge < -0.3 is 11.1 Å². The predicted molar refractivity (Wildman–Crippen MR) is 87.2 cm³/mol. The fourth-order valence-corrected chi connectivity index (χ4v) is 3.22. The molecule has 2 rings (SSSR count). The smallest absolute Gasteiger partial charge is 0.224 e. The highest BCUT2D eigenvalue weighted by Crippen LogP contribution is 2.23. The average Bonchev–Trinajstić information content (AvgIpc) is 2.72. The summed E-state index contributed by atoms with van der Waals surface area (Å²) in [6, 6.07) is 7.98. The van der Waals surface area contributed by atoms with Crippen molar-refractivity contribution in [1.29, 1.82) is 0 Å². The van der Waals surface area contributed by atoms with Crippen LogP contribution in [0.4, 0.5) is 0 Å². The van der Waals surface area contributed by atoms with E-state index in [9.17, 15) is 9.59 Å². The second kappa shape index (κ2) is 7.97. The zero-order valence-corrected chi connectivity index (χ0v) is 13.3. The molecule has 2 amide bonds. The first-order chi connectivity index (χ1) is 10.6. The zero-order chi connectivity index (χ0) is 15.9. The Morgan fingerprint density at radius 3 is 2.64 bits per heavy atom. The summed E-state index contributed by atoms with van der Waals surface area (Å²) in [5, 5.41) is 3.04. The van der Waals surface area contributed by atoms with Gasteiger partial charge in [-0.2, -0.15) is 0 Å². The predicted octanol–water partition coefficient (Wildman–Crippen LogP) is 2.34. The first-order valence-electron chi connectivity index (χ1n) is 8.26. The first kappa shape index (κ1) is 16.5. The lowest BCUT2D eigenvalue weighted by molar-refractivity contribution is -0.125. The molecule has 4 heteroatoms. The molecule has 0 aromatic heterocycles. The third kappa shape index (κ3) is 4.58. The van der Waals surface area contributed by atoms with E-state index in [2.05, 4.69) is 24.4 Å². The van der Waals surface area contributed by atoms with Crippen molar-refractivity contribution >= 4 is 11.8 Å². The van der Waals surface area contributed by atoms with E-state index >= 15 is 0 Å². The van der Waals surface area contributed by atoms with Gasteiger partial charge in [-0.3, -0.25) is 9.59 Å². The van der Waals surface area contributed by atoms with Crippen LogP contribution in [-0.4, -0.2) is 17.9 Å². The number of rotatable bonds is 5. The van der Waals surface area contributed by atoms with E-state index in [0.717, 1.165) is 44.1 Å². The average molecular weight is 302 g/mol. The van der Waals surface area contributed by atoms with Crippen LogP contribution in [0.15, 0.2) is 24.3 Å². The van der Waals surface area contributed by atoms with Gasteiger partial charge in [0.05, 0.1) is 12.3 Å². The summed E-state index contributed by atoms with van der Waals surface area (Å²) in [5.41, 5.74) is 7.75. The SMILES string of the molecule is CCc1cccc(CC(=O)N[C@@H]2CCCCC[C@@H]2C(N)=O)c1. The van der Waals surface area contributed by atoms with Crippen LogP contribution in [0.25, 0.3) is 0 Å². The molecule has 120 valence electrons. The molecule has 0 unspecified atom stereocenters. The summed E-state index contributed by atoms with van der Waals surface area (Å²) in [7, 11) is 0. The van der Waals surface area contributed by atoms with Crippen molar-refractivity contribution in [3.63, 3.8) is 0 Å². The Balaban J connectivity index is 1.98. The van der Waals surface area contributed by atoms with Crippen LogP contribution in [0, 0.1) is 5.92 Å². The molecule has 4 nitrogen and oxygen atoms in total. The molecule has 0 radical (unpaired) electrons. The Hall–Kier alpha value is -1.84. The number of amides is 2. The molecule has 0 bridgehead atoms. The van der Waals surface area contributed by atoms with Crippen molar-refractivity contribution in [2.75, 3.05) is 0 Å². The van der Waals surface area contributed by atoms with Gasteiger partial charge in [0.2, 0.25) is 11.8 Å². The Kier molecular flexibility index (Phi) is 5.99. The fraction of sp³-hybridized carbons (Fsp3) is 0.556. The van der Waals surface area contributed by atoms with Crippen molar-refractivity contribution < 1.29 is 9.59 Å². The van der Waals surface area contributed by atoms with E-state index in [4.69, 9.17) is 5.73 Å². The highest BCUT2D eigenvalue weighted by Gasteiger charge is 2.29. The van der Waals surface area contributed by atoms with Crippen LogP contribution < -0.4 is 11.1 Å². The number of nitrogens with two attached hydrogens (primary N) is 1. The number of carbonyl (C=O) groups is 2. The molecule has 1 fully saturated rings. The summed E-state index contributed by atoms with van der Waals surface area (Å²) in [6.07, 6.45) is 6.10. The van der Waals surface area contributed by atoms with Crippen LogP contribution in [0.3, 0.4) is 0 Å². The Morgan fingerprint density at radius 2 is 1.91 bits per heavy atom. The fourth-order valence-electron chi connectivity index (χ4n) is 3.22. The first-order valence-corrected chi connectivity index (χ1v) is 8.26. The largest absolute Gasteiger partial charge is 0.369 e. The standard InChI is InChI=1S/C18H26N2O2/c1-2-13-7-6-8-14(11-13)12-17(21)20-16-10-5-3-4-9-15(16)18(19)22/h6-8,11,15-16H,2-5,9-10,12H2,1H3,(H2,19,22)(H,20,21)/t15-,16+/m0/s1. The van der Waals surface area contributed by atoms with Gasteiger partial charge >= 0.3 is 0 Å². The molecule has 1 aliphatic carbocycles. The maximum atomic E-state index is 12.3. The summed E-state index contributed by atoms with van der Waals surface area (Å²) in [4.78, 5) is 23.9. The van der Waals surface area contributed by atoms with Crippen LogP contribution in [0.5, 0.6) is 0 Å². The van der Waals surface area contributed by atoms with E-state index in [1.54, 1.807) is 0 Å². The normalized spacial score (nSPS) is 21.9. The summed E-state index contributed by atoms with van der Waals surface area (Å²) in [5.74, 6) is -0.542. The number of benzene rings is 1. The van der Waals surface area contributed by atoms with Crippen molar-refractivity contribution in [2.45, 2.75) is 57.9 Å². The van der Waals surface area contributed by atoms with Gasteiger partial charge in [-0.1, -0.05) is 50.5 Å². The van der Waals surface area contributed by atoms with Gasteiger partial charge in [-0.05, 0) is 30.4 Å². The van der Waals surface area contributed by atoms with Crippen molar-refractivity contribution in [2.24, 2.45) is 11.7 Å². The maximum Gasteiger partial charge on any atom is 0.224 e. The molecule has 2 atom stereocenters. The Morgan fingerprint density at radius 1 is 1.18 bits per heavy atom. The monoisotopic (exact) mass is 302 g/mol. The zero-order valence-electron chi connectivity index (χ0n) is 13.3. The minimum atomic E-state index is -0.291. The van der Waals surface area contributed by atoms with Crippen molar-refractivity contribution in [3.8, 4) is 0 Å². The van der Waals surface area contributed by atoms with Gasteiger partial charge in [0, 0.05) is 6.04 Å². The molecule has 0 saturated heterocycles. The van der Waals surface area contributed by atoms with E-state index in [1.165, 1.54) is 5.56 Å². The highest BCUT2D eigenvalue weighted by molar-refractivity contribution is 5.81. The number of carbonyl (C=O) groups excluding carboxylic acids is 2. The molecule has 1 aromatic carbocycles. The molecule has 0 heterocycles. The number of primary amides is 1. The minimum absolute atomic E-state index is 0.0218. The van der Waals surface area contributed by atoms with Gasteiger partial charge in [-0.25, -0.2) is 0 Å². The van der Waals surface area contributed by atoms with Gasteiger partial charge in [0.25, 0.3) is 0 Å². The quantitative estimate of drug-likeness (QED) is 0.819. The van der Waals surface area contributed by atoms with Crippen molar-refractivity contribution in [1.82, 2.24) is 5.32 Å². The van der Waals surface area contributed by atoms with E-state index < -0.39 is 0 Å². The summed E-state index contributed by atoms with van der Waals surface area (Å²) >= 11 is 0. The van der Waals surface area contributed by atoms with Crippen LogP contribution in [0.1, 0.15) is 50.2 Å². The second-order valence-electron chi connectivity index (χ2n) is 6.17. The van der Waals surface area contributed by atoms with E-state index in [-0.39, 0.29) is 23.8 Å². The van der Waals surface area contributed by atoms with E-state index in [1.807, 2.05) is 12.1 Å². The highest BCUT2D eigenvalue weighted by atomic mass is 16.2. The minimum Gasteiger partial charge on any atom is -0.369 e. The van der Waals surface area contributed by atoms with Gasteiger partial charge in [-0.15, -0.1) is 0 Å². The Bertz CT molecular complexity index is 528. The number of aryl methyl sites for hydroxylation is 1. The lowest BCUT2D eigenvalue weighted by Gasteiger charge is -2.23. The second-order valence-corrected chi connectivity index (χ2v) is 6.17. The van der Waals surface area contributed by atoms with Crippen LogP contribution >= 0.6 is 0 Å². The lowest BCUT2D eigenvalue weighted by atomic mass is 9.93. The summed E-state index contributed by atoms with van der Waals surface area (Å²) < 4.78 is 0. The molecule has 0 aliphatic heterocycles. The maximum absolute atomic E-state index is 12.3. The van der Waals surface area contributed by atoms with Crippen LogP contribution in [0.2, 0.25) is 0 Å². The number of hydrogen-bond acceptors (Lipinski definition) is 2. The number of nitrogens with one attached hydrogen (secondary N) is 1. The van der Waals surface area contributed by atoms with Gasteiger partial charge in [0.1, 0.15) is 0 Å². The van der Waals surface area contributed by atoms with E-state index in [0.29, 0.717) is 6.42 Å². The Labute approximate surface area is 132 Å². The molecule has 22 heavy (non-hydrogen) atoms. The summed E-state index contributed by atoms with van der Waals surface area (Å²) in [6.45, 7) is 2.10. The third-order valence-electron chi connectivity index (χ3n) is 4.49. The van der Waals surface area contributed by atoms with Crippen molar-refractivity contribution in [3.05, 3.63) is 35.4 Å². The topological polar surface area (TPSA) is 72.2 Å². The molecular formula is C18H26N2O2. The molecule has 1 aliphatic rings. The molecule has 0 spiro atoms. The molecule has 3 N–H and O–H groups in total. The lowest BCUT2D eigenvalue weighted by Crippen LogP contribution is -2.45. The van der Waals surface area contributed by atoms with Gasteiger partial charge in [0.15, 0.2) is 0 Å².